The first-order chi connectivity index (χ1) is 11.4. The summed E-state index contributed by atoms with van der Waals surface area (Å²) in [6, 6.07) is 5.66. The summed E-state index contributed by atoms with van der Waals surface area (Å²) >= 11 is 0. The Labute approximate surface area is 142 Å². The molecular formula is C16H23N3O4S. The molecule has 1 aliphatic heterocycles. The van der Waals surface area contributed by atoms with E-state index in [1.165, 1.54) is 21.7 Å². The van der Waals surface area contributed by atoms with Crippen LogP contribution in [0, 0.1) is 0 Å². The van der Waals surface area contributed by atoms with Gasteiger partial charge in [-0.25, -0.2) is 13.2 Å². The molecule has 1 heterocycles. The number of urea groups is 1. The molecule has 1 aromatic carbocycles. The Morgan fingerprint density at radius 3 is 3.00 bits per heavy atom. The van der Waals surface area contributed by atoms with Gasteiger partial charge in [0.25, 0.3) is 0 Å². The molecule has 0 saturated carbocycles. The summed E-state index contributed by atoms with van der Waals surface area (Å²) in [4.78, 5) is 12.1. The molecule has 1 aromatic rings. The number of anilines is 1. The molecule has 2 N–H and O–H groups in total. The molecule has 2 aliphatic rings. The van der Waals surface area contributed by atoms with E-state index in [0.717, 1.165) is 24.9 Å². The lowest BCUT2D eigenvalue weighted by Crippen LogP contribution is -2.49. The number of hydrogen-bond donors (Lipinski definition) is 2. The maximum atomic E-state index is 12.1. The van der Waals surface area contributed by atoms with Crippen LogP contribution in [-0.2, 0) is 27.6 Å². The number of aryl methyl sites for hydroxylation is 1. The molecule has 0 aromatic heterocycles. The fourth-order valence-corrected chi connectivity index (χ4v) is 4.07. The van der Waals surface area contributed by atoms with Crippen LogP contribution in [0.25, 0.3) is 0 Å². The first kappa shape index (κ1) is 17.2. The van der Waals surface area contributed by atoms with Crippen molar-refractivity contribution in [3.05, 3.63) is 29.3 Å². The fourth-order valence-electron chi connectivity index (χ4n) is 3.23. The highest BCUT2D eigenvalue weighted by molar-refractivity contribution is 7.88. The van der Waals surface area contributed by atoms with Crippen LogP contribution in [0.3, 0.4) is 0 Å². The van der Waals surface area contributed by atoms with Gasteiger partial charge in [-0.3, -0.25) is 0 Å². The van der Waals surface area contributed by atoms with Crippen LogP contribution in [-0.4, -0.2) is 57.4 Å². The normalized spacial score (nSPS) is 21.3. The van der Waals surface area contributed by atoms with Crippen molar-refractivity contribution in [1.82, 2.24) is 9.62 Å². The van der Waals surface area contributed by atoms with Gasteiger partial charge in [-0.15, -0.1) is 0 Å². The van der Waals surface area contributed by atoms with Gasteiger partial charge in [0.15, 0.2) is 0 Å². The summed E-state index contributed by atoms with van der Waals surface area (Å²) < 4.78 is 30.1. The number of morpholine rings is 1. The van der Waals surface area contributed by atoms with Crippen LogP contribution in [0.2, 0.25) is 0 Å². The van der Waals surface area contributed by atoms with Crippen LogP contribution in [0.1, 0.15) is 17.5 Å². The second kappa shape index (κ2) is 7.08. The van der Waals surface area contributed by atoms with E-state index in [1.54, 1.807) is 0 Å². The van der Waals surface area contributed by atoms with E-state index in [9.17, 15) is 13.2 Å². The third-order valence-corrected chi connectivity index (χ3v) is 5.72. The van der Waals surface area contributed by atoms with Crippen LogP contribution in [0.15, 0.2) is 18.2 Å². The number of sulfonamides is 1. The fraction of sp³-hybridized carbons (Fsp3) is 0.562. The first-order valence-corrected chi connectivity index (χ1v) is 10.0. The Bertz CT molecular complexity index is 720. The average molecular weight is 353 g/mol. The van der Waals surface area contributed by atoms with Crippen LogP contribution < -0.4 is 10.6 Å². The number of rotatable bonds is 4. The largest absolute Gasteiger partial charge is 0.374 e. The molecule has 1 atom stereocenters. The molecule has 3 rings (SSSR count). The van der Waals surface area contributed by atoms with Crippen molar-refractivity contribution in [3.63, 3.8) is 0 Å². The number of carbonyl (C=O) groups is 1. The van der Waals surface area contributed by atoms with Crippen molar-refractivity contribution in [2.24, 2.45) is 0 Å². The minimum Gasteiger partial charge on any atom is -0.374 e. The van der Waals surface area contributed by atoms with Crippen LogP contribution in [0.4, 0.5) is 10.5 Å². The van der Waals surface area contributed by atoms with Gasteiger partial charge in [0, 0.05) is 25.3 Å². The summed E-state index contributed by atoms with van der Waals surface area (Å²) in [6.07, 6.45) is 4.02. The highest BCUT2D eigenvalue weighted by Gasteiger charge is 2.26. The highest BCUT2D eigenvalue weighted by atomic mass is 32.2. The number of ether oxygens (including phenoxy) is 1. The molecule has 7 nitrogen and oxygen atoms in total. The summed E-state index contributed by atoms with van der Waals surface area (Å²) in [7, 11) is -3.23. The van der Waals surface area contributed by atoms with Gasteiger partial charge < -0.3 is 15.4 Å². The zero-order chi connectivity index (χ0) is 17.2. The smallest absolute Gasteiger partial charge is 0.319 e. The number of carbonyl (C=O) groups excluding carboxylic acids is 1. The monoisotopic (exact) mass is 353 g/mol. The minimum atomic E-state index is -3.23. The third kappa shape index (κ3) is 4.06. The minimum absolute atomic E-state index is 0.264. The van der Waals surface area contributed by atoms with E-state index < -0.39 is 10.0 Å². The summed E-state index contributed by atoms with van der Waals surface area (Å²) in [5, 5.41) is 5.65. The second-order valence-electron chi connectivity index (χ2n) is 6.25. The maximum absolute atomic E-state index is 12.1. The van der Waals surface area contributed by atoms with Crippen molar-refractivity contribution < 1.29 is 17.9 Å². The Hall–Kier alpha value is -1.64. The molecule has 8 heteroatoms. The maximum Gasteiger partial charge on any atom is 0.319 e. The summed E-state index contributed by atoms with van der Waals surface area (Å²) in [5.41, 5.74) is 3.36. The number of nitrogens with one attached hydrogen (secondary N) is 2. The zero-order valence-corrected chi connectivity index (χ0v) is 14.6. The SMILES string of the molecule is CS(=O)(=O)N1CCOC(CNC(=O)Nc2cccc3c2CCC3)C1. The van der Waals surface area contributed by atoms with Crippen molar-refractivity contribution >= 4 is 21.7 Å². The predicted octanol–water partition coefficient (Wildman–Crippen LogP) is 0.957. The third-order valence-electron chi connectivity index (χ3n) is 4.45. The lowest BCUT2D eigenvalue weighted by Gasteiger charge is -2.31. The summed E-state index contributed by atoms with van der Waals surface area (Å²) in [6.45, 7) is 1.23. The Kier molecular flexibility index (Phi) is 5.07. The van der Waals surface area contributed by atoms with Gasteiger partial charge in [0.2, 0.25) is 10.0 Å². The van der Waals surface area contributed by atoms with E-state index >= 15 is 0 Å². The number of fused-ring (bicyclic) bond motifs is 1. The molecule has 0 bridgehead atoms. The average Bonchev–Trinajstić information content (AvgIpc) is 3.02. The molecule has 1 aliphatic carbocycles. The molecule has 2 amide bonds. The Morgan fingerprint density at radius 2 is 2.21 bits per heavy atom. The van der Waals surface area contributed by atoms with Gasteiger partial charge in [0.1, 0.15) is 0 Å². The summed E-state index contributed by atoms with van der Waals surface area (Å²) in [5.74, 6) is 0. The molecular weight excluding hydrogens is 330 g/mol. The van der Waals surface area contributed by atoms with Crippen molar-refractivity contribution in [2.45, 2.75) is 25.4 Å². The van der Waals surface area contributed by atoms with Gasteiger partial charge >= 0.3 is 6.03 Å². The number of hydrogen-bond acceptors (Lipinski definition) is 4. The first-order valence-electron chi connectivity index (χ1n) is 8.16. The topological polar surface area (TPSA) is 87.7 Å². The lowest BCUT2D eigenvalue weighted by molar-refractivity contribution is 0.00167. The highest BCUT2D eigenvalue weighted by Crippen LogP contribution is 2.28. The van der Waals surface area contributed by atoms with E-state index in [0.29, 0.717) is 13.2 Å². The van der Waals surface area contributed by atoms with E-state index in [2.05, 4.69) is 16.7 Å². The number of benzene rings is 1. The number of amides is 2. The van der Waals surface area contributed by atoms with Crippen LogP contribution >= 0.6 is 0 Å². The molecule has 1 saturated heterocycles. The van der Waals surface area contributed by atoms with Gasteiger partial charge in [-0.05, 0) is 36.5 Å². The molecule has 0 spiro atoms. The molecule has 1 unspecified atom stereocenters. The lowest BCUT2D eigenvalue weighted by atomic mass is 10.1. The molecule has 0 radical (unpaired) electrons. The standard InChI is InChI=1S/C16H23N3O4S/c1-24(21,22)19-8-9-23-13(11-19)10-17-16(20)18-15-7-3-5-12-4-2-6-14(12)15/h3,5,7,13H,2,4,6,8-11H2,1H3,(H2,17,18,20). The second-order valence-corrected chi connectivity index (χ2v) is 8.23. The number of nitrogens with zero attached hydrogens (tertiary/aromatic N) is 1. The van der Waals surface area contributed by atoms with Gasteiger partial charge in [-0.1, -0.05) is 12.1 Å². The van der Waals surface area contributed by atoms with Crippen LogP contribution in [0.5, 0.6) is 0 Å². The molecule has 24 heavy (non-hydrogen) atoms. The molecule has 1 fully saturated rings. The Balaban J connectivity index is 1.52. The zero-order valence-electron chi connectivity index (χ0n) is 13.7. The quantitative estimate of drug-likeness (QED) is 0.844. The Morgan fingerprint density at radius 1 is 1.38 bits per heavy atom. The van der Waals surface area contributed by atoms with Gasteiger partial charge in [-0.2, -0.15) is 4.31 Å². The van der Waals surface area contributed by atoms with E-state index in [1.807, 2.05) is 12.1 Å². The molecule has 132 valence electrons. The van der Waals surface area contributed by atoms with E-state index in [4.69, 9.17) is 4.74 Å². The van der Waals surface area contributed by atoms with E-state index in [-0.39, 0.29) is 25.2 Å². The van der Waals surface area contributed by atoms with Gasteiger partial charge in [0.05, 0.1) is 19.0 Å². The predicted molar refractivity (Wildman–Crippen MR) is 91.6 cm³/mol. The van der Waals surface area contributed by atoms with Crippen molar-refractivity contribution in [1.29, 1.82) is 0 Å². The van der Waals surface area contributed by atoms with Crippen molar-refractivity contribution in [2.75, 3.05) is 37.8 Å². The van der Waals surface area contributed by atoms with Crippen molar-refractivity contribution in [3.8, 4) is 0 Å².